The average Bonchev–Trinajstić information content (AvgIpc) is 2.39. The van der Waals surface area contributed by atoms with Gasteiger partial charge in [0.1, 0.15) is 5.78 Å². The van der Waals surface area contributed by atoms with Gasteiger partial charge < -0.3 is 5.32 Å². The lowest BCUT2D eigenvalue weighted by atomic mass is 9.71. The molecule has 0 aliphatic carbocycles. The maximum absolute atomic E-state index is 12.4. The molecule has 1 unspecified atom stereocenters. The first-order valence-electron chi connectivity index (χ1n) is 7.83. The van der Waals surface area contributed by atoms with E-state index in [0.717, 1.165) is 25.9 Å². The number of Topliss-reactive ketones (excluding diaryl/α,β-unsaturated/α-hetero) is 1. The second-order valence-electron chi connectivity index (χ2n) is 6.35. The Bertz CT molecular complexity index is 241. The van der Waals surface area contributed by atoms with Gasteiger partial charge in [0.2, 0.25) is 0 Å². The van der Waals surface area contributed by atoms with Crippen molar-refractivity contribution in [3.05, 3.63) is 0 Å². The number of carbonyl (C=O) groups excluding carboxylic acids is 1. The first-order valence-corrected chi connectivity index (χ1v) is 7.83. The summed E-state index contributed by atoms with van der Waals surface area (Å²) < 4.78 is 0. The van der Waals surface area contributed by atoms with Gasteiger partial charge in [-0.05, 0) is 38.3 Å². The normalized spacial score (nSPS) is 20.9. The van der Waals surface area contributed by atoms with E-state index in [1.165, 1.54) is 38.5 Å². The smallest absolute Gasteiger partial charge is 0.138 e. The van der Waals surface area contributed by atoms with Gasteiger partial charge in [-0.15, -0.1) is 0 Å². The third-order valence-corrected chi connectivity index (χ3v) is 4.54. The summed E-state index contributed by atoms with van der Waals surface area (Å²) in [4.78, 5) is 12.4. The fourth-order valence-corrected chi connectivity index (χ4v) is 2.91. The molecule has 1 heterocycles. The van der Waals surface area contributed by atoms with Crippen molar-refractivity contribution < 1.29 is 4.79 Å². The van der Waals surface area contributed by atoms with Crippen molar-refractivity contribution in [3.8, 4) is 0 Å². The van der Waals surface area contributed by atoms with Crippen molar-refractivity contribution in [2.45, 2.75) is 72.1 Å². The predicted molar refractivity (Wildman–Crippen MR) is 77.8 cm³/mol. The highest BCUT2D eigenvalue weighted by Crippen LogP contribution is 2.34. The molecule has 2 heteroatoms. The monoisotopic (exact) mass is 253 g/mol. The molecule has 0 radical (unpaired) electrons. The minimum atomic E-state index is -0.127. The van der Waals surface area contributed by atoms with E-state index in [1.807, 2.05) is 0 Å². The molecule has 106 valence electrons. The SMILES string of the molecule is CCCCCCCC(=O)C(C)(C)C1CCCNC1. The molecule has 0 aromatic rings. The lowest BCUT2D eigenvalue weighted by Crippen LogP contribution is -2.42. The van der Waals surface area contributed by atoms with Gasteiger partial charge in [-0.3, -0.25) is 4.79 Å². The largest absolute Gasteiger partial charge is 0.316 e. The zero-order valence-electron chi connectivity index (χ0n) is 12.6. The number of rotatable bonds is 8. The van der Waals surface area contributed by atoms with E-state index in [-0.39, 0.29) is 5.41 Å². The van der Waals surface area contributed by atoms with Crippen molar-refractivity contribution in [2.24, 2.45) is 11.3 Å². The van der Waals surface area contributed by atoms with Crippen molar-refractivity contribution in [2.75, 3.05) is 13.1 Å². The molecular weight excluding hydrogens is 222 g/mol. The Balaban J connectivity index is 2.29. The molecule has 0 amide bonds. The van der Waals surface area contributed by atoms with E-state index in [0.29, 0.717) is 11.7 Å². The van der Waals surface area contributed by atoms with Crippen molar-refractivity contribution >= 4 is 5.78 Å². The fourth-order valence-electron chi connectivity index (χ4n) is 2.91. The highest BCUT2D eigenvalue weighted by Gasteiger charge is 2.36. The molecule has 1 atom stereocenters. The van der Waals surface area contributed by atoms with Gasteiger partial charge in [-0.2, -0.15) is 0 Å². The standard InChI is InChI=1S/C16H31NO/c1-4-5-6-7-8-11-15(18)16(2,3)14-10-9-12-17-13-14/h14,17H,4-13H2,1-3H3. The second kappa shape index (κ2) is 7.93. The number of unbranched alkanes of at least 4 members (excludes halogenated alkanes) is 4. The van der Waals surface area contributed by atoms with Gasteiger partial charge in [-0.25, -0.2) is 0 Å². The third kappa shape index (κ3) is 4.72. The number of carbonyl (C=O) groups is 1. The van der Waals surface area contributed by atoms with Gasteiger partial charge in [0.15, 0.2) is 0 Å². The number of hydrogen-bond acceptors (Lipinski definition) is 2. The van der Waals surface area contributed by atoms with Crippen LogP contribution in [0.3, 0.4) is 0 Å². The highest BCUT2D eigenvalue weighted by molar-refractivity contribution is 5.84. The molecule has 0 saturated carbocycles. The molecule has 1 fully saturated rings. The number of ketones is 1. The molecule has 1 aliphatic heterocycles. The van der Waals surface area contributed by atoms with Crippen LogP contribution in [0, 0.1) is 11.3 Å². The number of nitrogens with one attached hydrogen (secondary N) is 1. The number of piperidine rings is 1. The summed E-state index contributed by atoms with van der Waals surface area (Å²) in [5.74, 6) is 1.02. The van der Waals surface area contributed by atoms with Gasteiger partial charge in [0.05, 0.1) is 0 Å². The van der Waals surface area contributed by atoms with Gasteiger partial charge >= 0.3 is 0 Å². The van der Waals surface area contributed by atoms with Crippen LogP contribution in [-0.2, 0) is 4.79 Å². The Kier molecular flexibility index (Phi) is 6.91. The van der Waals surface area contributed by atoms with Crippen LogP contribution in [0.25, 0.3) is 0 Å². The molecule has 1 saturated heterocycles. The van der Waals surface area contributed by atoms with Gasteiger partial charge in [0.25, 0.3) is 0 Å². The molecule has 1 aliphatic rings. The van der Waals surface area contributed by atoms with Crippen LogP contribution in [0.5, 0.6) is 0 Å². The first kappa shape index (κ1) is 15.7. The molecule has 18 heavy (non-hydrogen) atoms. The summed E-state index contributed by atoms with van der Waals surface area (Å²) in [5, 5.41) is 3.43. The summed E-state index contributed by atoms with van der Waals surface area (Å²) in [6.45, 7) is 8.68. The predicted octanol–water partition coefficient (Wildman–Crippen LogP) is 3.94. The molecular formula is C16H31NO. The van der Waals surface area contributed by atoms with Crippen LogP contribution in [0.4, 0.5) is 0 Å². The van der Waals surface area contributed by atoms with Crippen LogP contribution in [0.15, 0.2) is 0 Å². The molecule has 1 rings (SSSR count). The zero-order chi connectivity index (χ0) is 13.4. The Labute approximate surface area is 113 Å². The average molecular weight is 253 g/mol. The molecule has 0 aromatic heterocycles. The highest BCUT2D eigenvalue weighted by atomic mass is 16.1. The van der Waals surface area contributed by atoms with Crippen molar-refractivity contribution in [1.82, 2.24) is 5.32 Å². The lowest BCUT2D eigenvalue weighted by Gasteiger charge is -2.36. The maximum Gasteiger partial charge on any atom is 0.138 e. The van der Waals surface area contributed by atoms with Crippen molar-refractivity contribution in [3.63, 3.8) is 0 Å². The van der Waals surface area contributed by atoms with Crippen LogP contribution in [0.1, 0.15) is 72.1 Å². The van der Waals surface area contributed by atoms with E-state index in [1.54, 1.807) is 0 Å². The molecule has 2 nitrogen and oxygen atoms in total. The van der Waals surface area contributed by atoms with E-state index in [2.05, 4.69) is 26.1 Å². The van der Waals surface area contributed by atoms with Gasteiger partial charge in [-0.1, -0.05) is 46.5 Å². The summed E-state index contributed by atoms with van der Waals surface area (Å²) in [5.41, 5.74) is -0.127. The second-order valence-corrected chi connectivity index (χ2v) is 6.35. The summed E-state index contributed by atoms with van der Waals surface area (Å²) in [6, 6.07) is 0. The fraction of sp³-hybridized carbons (Fsp3) is 0.938. The number of hydrogen-bond donors (Lipinski definition) is 1. The Hall–Kier alpha value is -0.370. The van der Waals surface area contributed by atoms with E-state index >= 15 is 0 Å². The third-order valence-electron chi connectivity index (χ3n) is 4.54. The van der Waals surface area contributed by atoms with E-state index in [4.69, 9.17) is 0 Å². The van der Waals surface area contributed by atoms with Crippen molar-refractivity contribution in [1.29, 1.82) is 0 Å². The molecule has 0 aromatic carbocycles. The lowest BCUT2D eigenvalue weighted by molar-refractivity contribution is -0.130. The topological polar surface area (TPSA) is 29.1 Å². The summed E-state index contributed by atoms with van der Waals surface area (Å²) in [7, 11) is 0. The minimum absolute atomic E-state index is 0.127. The molecule has 0 spiro atoms. The maximum atomic E-state index is 12.4. The Morgan fingerprint density at radius 1 is 1.22 bits per heavy atom. The van der Waals surface area contributed by atoms with Crippen LogP contribution < -0.4 is 5.32 Å². The quantitative estimate of drug-likeness (QED) is 0.664. The van der Waals surface area contributed by atoms with Crippen LogP contribution in [0.2, 0.25) is 0 Å². The summed E-state index contributed by atoms with van der Waals surface area (Å²) in [6.07, 6.45) is 9.39. The van der Waals surface area contributed by atoms with Crippen LogP contribution >= 0.6 is 0 Å². The first-order chi connectivity index (χ1) is 8.59. The minimum Gasteiger partial charge on any atom is -0.316 e. The Morgan fingerprint density at radius 2 is 1.94 bits per heavy atom. The van der Waals surface area contributed by atoms with Gasteiger partial charge in [0, 0.05) is 11.8 Å². The molecule has 1 N–H and O–H groups in total. The summed E-state index contributed by atoms with van der Waals surface area (Å²) >= 11 is 0. The van der Waals surface area contributed by atoms with E-state index in [9.17, 15) is 4.79 Å². The van der Waals surface area contributed by atoms with E-state index < -0.39 is 0 Å². The molecule has 0 bridgehead atoms. The Morgan fingerprint density at radius 3 is 2.56 bits per heavy atom. The zero-order valence-corrected chi connectivity index (χ0v) is 12.6. The van der Waals surface area contributed by atoms with Crippen LogP contribution in [-0.4, -0.2) is 18.9 Å².